The Morgan fingerprint density at radius 1 is 1.13 bits per heavy atom. The molecule has 0 bridgehead atoms. The fraction of sp³-hybridized carbons (Fsp3) is 0.579. The molecule has 2 fully saturated rings. The summed E-state index contributed by atoms with van der Waals surface area (Å²) in [6.45, 7) is 7.84. The molecule has 0 aromatic heterocycles. The second-order valence-corrected chi connectivity index (χ2v) is 7.74. The van der Waals surface area contributed by atoms with Crippen LogP contribution in [0.1, 0.15) is 52.5 Å². The smallest absolute Gasteiger partial charge is 0.398 e. The first-order valence-electron chi connectivity index (χ1n) is 8.58. The van der Waals surface area contributed by atoms with Crippen molar-refractivity contribution in [3.05, 3.63) is 47.2 Å². The maximum atomic E-state index is 15.1. The van der Waals surface area contributed by atoms with Crippen molar-refractivity contribution in [2.45, 2.75) is 64.6 Å². The molecule has 1 aliphatic heterocycles. The molecule has 1 saturated heterocycles. The van der Waals surface area contributed by atoms with Crippen molar-refractivity contribution in [2.24, 2.45) is 5.92 Å². The van der Waals surface area contributed by atoms with E-state index in [-0.39, 0.29) is 11.6 Å². The van der Waals surface area contributed by atoms with Crippen molar-refractivity contribution < 1.29 is 13.7 Å². The van der Waals surface area contributed by atoms with Crippen LogP contribution in [0.3, 0.4) is 0 Å². The lowest BCUT2D eigenvalue weighted by molar-refractivity contribution is 0.00578. The number of rotatable bonds is 3. The average Bonchev–Trinajstić information content (AvgIpc) is 3.02. The molecule has 23 heavy (non-hydrogen) atoms. The molecule has 1 aromatic carbocycles. The van der Waals surface area contributed by atoms with E-state index < -0.39 is 18.3 Å². The van der Waals surface area contributed by atoms with E-state index in [9.17, 15) is 0 Å². The number of halogens is 1. The van der Waals surface area contributed by atoms with Crippen LogP contribution >= 0.6 is 0 Å². The molecule has 1 saturated carbocycles. The minimum atomic E-state index is -0.855. The van der Waals surface area contributed by atoms with Gasteiger partial charge in [-0.3, -0.25) is 0 Å². The molecule has 1 heterocycles. The Bertz CT molecular complexity index is 579. The normalized spacial score (nSPS) is 28.2. The monoisotopic (exact) mass is 316 g/mol. The van der Waals surface area contributed by atoms with Gasteiger partial charge in [0.25, 0.3) is 0 Å². The van der Waals surface area contributed by atoms with Crippen LogP contribution in [-0.2, 0) is 15.7 Å². The minimum absolute atomic E-state index is 0.193. The Morgan fingerprint density at radius 2 is 1.74 bits per heavy atom. The van der Waals surface area contributed by atoms with Crippen molar-refractivity contribution in [2.75, 3.05) is 0 Å². The highest BCUT2D eigenvalue weighted by molar-refractivity contribution is 6.53. The summed E-state index contributed by atoms with van der Waals surface area (Å²) >= 11 is 0. The third-order valence-corrected chi connectivity index (χ3v) is 5.58. The van der Waals surface area contributed by atoms with E-state index in [0.29, 0.717) is 0 Å². The van der Waals surface area contributed by atoms with Crippen LogP contribution < -0.4 is 0 Å². The summed E-state index contributed by atoms with van der Waals surface area (Å²) in [5.74, 6) is 0.261. The molecule has 1 aromatic rings. The van der Waals surface area contributed by atoms with Crippen molar-refractivity contribution >= 4 is 7.12 Å². The SMILES string of the molecule is CC1(C)OB(C(F)=C2CCCC2Cc2ccccc2)OC1(C)C. The van der Waals surface area contributed by atoms with E-state index in [1.54, 1.807) is 0 Å². The second-order valence-electron chi connectivity index (χ2n) is 7.74. The highest BCUT2D eigenvalue weighted by Crippen LogP contribution is 2.43. The summed E-state index contributed by atoms with van der Waals surface area (Å²) in [7, 11) is -0.855. The summed E-state index contributed by atoms with van der Waals surface area (Å²) in [5.41, 5.74) is 0.972. The Hall–Kier alpha value is -1.13. The molecule has 1 atom stereocenters. The molecule has 0 radical (unpaired) electrons. The van der Waals surface area contributed by atoms with Gasteiger partial charge in [0.2, 0.25) is 0 Å². The number of benzene rings is 1. The van der Waals surface area contributed by atoms with Gasteiger partial charge in [0.1, 0.15) is 5.73 Å². The quantitative estimate of drug-likeness (QED) is 0.740. The Balaban J connectivity index is 1.79. The van der Waals surface area contributed by atoms with Gasteiger partial charge in [0, 0.05) is 0 Å². The first-order valence-corrected chi connectivity index (χ1v) is 8.58. The van der Waals surface area contributed by atoms with Crippen LogP contribution in [0.4, 0.5) is 4.39 Å². The number of allylic oxidation sites excluding steroid dienone is 1. The lowest BCUT2D eigenvalue weighted by Crippen LogP contribution is -2.41. The maximum absolute atomic E-state index is 15.1. The Labute approximate surface area is 139 Å². The lowest BCUT2D eigenvalue weighted by Gasteiger charge is -2.32. The molecule has 0 N–H and O–H groups in total. The van der Waals surface area contributed by atoms with Gasteiger partial charge in [-0.05, 0) is 70.4 Å². The van der Waals surface area contributed by atoms with Crippen molar-refractivity contribution in [3.63, 3.8) is 0 Å². The Morgan fingerprint density at radius 3 is 2.35 bits per heavy atom. The van der Waals surface area contributed by atoms with Crippen molar-refractivity contribution in [1.29, 1.82) is 0 Å². The van der Waals surface area contributed by atoms with Gasteiger partial charge in [-0.15, -0.1) is 0 Å². The van der Waals surface area contributed by atoms with Crippen LogP contribution in [0.25, 0.3) is 0 Å². The minimum Gasteiger partial charge on any atom is -0.398 e. The van der Waals surface area contributed by atoms with Crippen LogP contribution in [0, 0.1) is 5.92 Å². The third kappa shape index (κ3) is 3.24. The number of hydrogen-bond acceptors (Lipinski definition) is 2. The van der Waals surface area contributed by atoms with E-state index in [2.05, 4.69) is 12.1 Å². The topological polar surface area (TPSA) is 18.5 Å². The van der Waals surface area contributed by atoms with E-state index in [1.807, 2.05) is 45.9 Å². The van der Waals surface area contributed by atoms with Gasteiger partial charge in [-0.2, -0.15) is 0 Å². The summed E-state index contributed by atoms with van der Waals surface area (Å²) in [5, 5.41) is 0. The molecule has 2 aliphatic rings. The molecular formula is C19H26BFO2. The molecule has 2 nitrogen and oxygen atoms in total. The largest absolute Gasteiger partial charge is 0.525 e. The molecular weight excluding hydrogens is 290 g/mol. The van der Waals surface area contributed by atoms with Crippen molar-refractivity contribution in [1.82, 2.24) is 0 Å². The predicted molar refractivity (Wildman–Crippen MR) is 91.7 cm³/mol. The van der Waals surface area contributed by atoms with Gasteiger partial charge in [-0.25, -0.2) is 4.39 Å². The summed E-state index contributed by atoms with van der Waals surface area (Å²) < 4.78 is 26.8. The highest BCUT2D eigenvalue weighted by Gasteiger charge is 2.53. The van der Waals surface area contributed by atoms with E-state index >= 15 is 4.39 Å². The van der Waals surface area contributed by atoms with Gasteiger partial charge < -0.3 is 9.31 Å². The summed E-state index contributed by atoms with van der Waals surface area (Å²) in [4.78, 5) is 0. The van der Waals surface area contributed by atoms with Gasteiger partial charge in [0.05, 0.1) is 11.2 Å². The zero-order chi connectivity index (χ0) is 16.7. The maximum Gasteiger partial charge on any atom is 0.525 e. The molecule has 124 valence electrons. The standard InChI is InChI=1S/C19H26BFO2/c1-18(2)19(3,4)23-20(22-18)17(21)16-12-8-11-15(16)13-14-9-6-5-7-10-14/h5-7,9-10,15H,8,11-13H2,1-4H3. The van der Waals surface area contributed by atoms with E-state index in [4.69, 9.17) is 9.31 Å². The zero-order valence-electron chi connectivity index (χ0n) is 14.6. The van der Waals surface area contributed by atoms with Gasteiger partial charge in [0.15, 0.2) is 0 Å². The van der Waals surface area contributed by atoms with Crippen LogP contribution in [-0.4, -0.2) is 18.3 Å². The van der Waals surface area contributed by atoms with E-state index in [1.165, 1.54) is 5.56 Å². The van der Waals surface area contributed by atoms with Crippen LogP contribution in [0.15, 0.2) is 41.6 Å². The summed E-state index contributed by atoms with van der Waals surface area (Å²) in [6, 6.07) is 10.3. The molecule has 3 rings (SSSR count). The molecule has 0 amide bonds. The summed E-state index contributed by atoms with van der Waals surface area (Å²) in [6.07, 6.45) is 3.79. The third-order valence-electron chi connectivity index (χ3n) is 5.58. The first kappa shape index (κ1) is 16.7. The second kappa shape index (κ2) is 6.06. The van der Waals surface area contributed by atoms with Gasteiger partial charge in [-0.1, -0.05) is 30.3 Å². The lowest BCUT2D eigenvalue weighted by atomic mass is 9.80. The van der Waals surface area contributed by atoms with Crippen molar-refractivity contribution in [3.8, 4) is 0 Å². The molecule has 1 unspecified atom stereocenters. The fourth-order valence-corrected chi connectivity index (χ4v) is 3.45. The van der Waals surface area contributed by atoms with Crippen LogP contribution in [0.2, 0.25) is 0 Å². The molecule has 0 spiro atoms. The van der Waals surface area contributed by atoms with Gasteiger partial charge >= 0.3 is 7.12 Å². The first-order chi connectivity index (χ1) is 10.8. The van der Waals surface area contributed by atoms with Crippen LogP contribution in [0.5, 0.6) is 0 Å². The average molecular weight is 316 g/mol. The highest BCUT2D eigenvalue weighted by atomic mass is 19.1. The van der Waals surface area contributed by atoms with E-state index in [0.717, 1.165) is 31.3 Å². The zero-order valence-corrected chi connectivity index (χ0v) is 14.6. The fourth-order valence-electron chi connectivity index (χ4n) is 3.45. The molecule has 1 aliphatic carbocycles. The molecule has 4 heteroatoms. The Kier molecular flexibility index (Phi) is 4.41. The predicted octanol–water partition coefficient (Wildman–Crippen LogP) is 4.88. The number of hydrogen-bond donors (Lipinski definition) is 0.